The number of methoxy groups -OCH3 is 1. The quantitative estimate of drug-likeness (QED) is 0.528. The van der Waals surface area contributed by atoms with E-state index in [4.69, 9.17) is 14.6 Å². The number of ether oxygens (including phenoxy) is 1. The Hall–Kier alpha value is -3.26. The van der Waals surface area contributed by atoms with Crippen LogP contribution in [0.5, 0.6) is 5.75 Å². The molecule has 4 heterocycles. The molecule has 2 aromatic heterocycles. The molecule has 0 fully saturated rings. The Morgan fingerprint density at radius 2 is 1.91 bits per heavy atom. The van der Waals surface area contributed by atoms with Gasteiger partial charge < -0.3 is 19.9 Å². The summed E-state index contributed by atoms with van der Waals surface area (Å²) >= 11 is 0. The molecule has 0 saturated carbocycles. The third kappa shape index (κ3) is 3.08. The minimum atomic E-state index is -0.515. The third-order valence-electron chi connectivity index (χ3n) is 6.69. The van der Waals surface area contributed by atoms with Gasteiger partial charge in [-0.3, -0.25) is 4.68 Å². The summed E-state index contributed by atoms with van der Waals surface area (Å²) in [5.41, 5.74) is 7.51. The zero-order valence-corrected chi connectivity index (χ0v) is 20.5. The lowest BCUT2D eigenvalue weighted by Gasteiger charge is -2.36. The van der Waals surface area contributed by atoms with E-state index in [1.54, 1.807) is 7.11 Å². The molecule has 0 spiro atoms. The van der Waals surface area contributed by atoms with E-state index in [2.05, 4.69) is 78.4 Å². The van der Waals surface area contributed by atoms with Crippen molar-refractivity contribution in [1.29, 1.82) is 0 Å². The first-order chi connectivity index (χ1) is 15.6. The normalized spacial score (nSPS) is 21.8. The Morgan fingerprint density at radius 1 is 1.15 bits per heavy atom. The van der Waals surface area contributed by atoms with E-state index in [0.29, 0.717) is 0 Å². The summed E-state index contributed by atoms with van der Waals surface area (Å²) in [5, 5.41) is 9.31. The zero-order valence-electron chi connectivity index (χ0n) is 20.5. The van der Waals surface area contributed by atoms with Crippen LogP contribution in [0.3, 0.4) is 0 Å². The molecule has 0 radical (unpaired) electrons. The van der Waals surface area contributed by atoms with Crippen LogP contribution in [0.4, 0.5) is 5.82 Å². The number of allylic oxidation sites excluding steroid dienone is 1. The fourth-order valence-corrected chi connectivity index (χ4v) is 5.37. The molecule has 3 N–H and O–H groups in total. The number of H-pyrrole nitrogens is 1. The molecule has 8 nitrogen and oxygen atoms in total. The second kappa shape index (κ2) is 7.12. The van der Waals surface area contributed by atoms with Crippen molar-refractivity contribution in [3.8, 4) is 5.75 Å². The number of nitrogens with one attached hydrogen (secondary N) is 3. The zero-order chi connectivity index (χ0) is 23.7. The summed E-state index contributed by atoms with van der Waals surface area (Å²) in [6, 6.07) is 6.57. The predicted octanol–water partition coefficient (Wildman–Crippen LogP) is 4.91. The third-order valence-corrected chi connectivity index (χ3v) is 6.69. The first-order valence-electron chi connectivity index (χ1n) is 11.3. The number of hydrogen-bond acceptors (Lipinski definition) is 6. The molecule has 0 saturated heterocycles. The van der Waals surface area contributed by atoms with Gasteiger partial charge in [-0.25, -0.2) is 4.99 Å². The van der Waals surface area contributed by atoms with Crippen molar-refractivity contribution < 1.29 is 9.57 Å². The highest BCUT2D eigenvalue weighted by Gasteiger charge is 2.41. The number of aliphatic imine (C=N–C) groups is 1. The van der Waals surface area contributed by atoms with Crippen molar-refractivity contribution in [2.75, 3.05) is 7.11 Å². The van der Waals surface area contributed by atoms with Crippen molar-refractivity contribution in [1.82, 2.24) is 25.6 Å². The number of hydrogen-bond donors (Lipinski definition) is 3. The van der Waals surface area contributed by atoms with Gasteiger partial charge in [0.15, 0.2) is 0 Å². The lowest BCUT2D eigenvalue weighted by atomic mass is 9.84. The van der Waals surface area contributed by atoms with Gasteiger partial charge in [-0.05, 0) is 66.7 Å². The smallest absolute Gasteiger partial charge is 0.139 e. The average molecular weight is 449 g/mol. The molecular formula is C25H32N6O2. The molecule has 2 aliphatic rings. The van der Waals surface area contributed by atoms with Gasteiger partial charge in [-0.15, -0.1) is 5.48 Å². The number of aromatic nitrogens is 3. The first-order valence-corrected chi connectivity index (χ1v) is 11.3. The number of rotatable bonds is 4. The molecule has 5 rings (SSSR count). The highest BCUT2D eigenvalue weighted by molar-refractivity contribution is 5.99. The van der Waals surface area contributed by atoms with Crippen molar-refractivity contribution >= 4 is 28.1 Å². The van der Waals surface area contributed by atoms with Gasteiger partial charge in [0.2, 0.25) is 0 Å². The van der Waals surface area contributed by atoms with Crippen molar-refractivity contribution in [3.63, 3.8) is 0 Å². The van der Waals surface area contributed by atoms with Crippen LogP contribution in [0.1, 0.15) is 71.3 Å². The summed E-state index contributed by atoms with van der Waals surface area (Å²) in [4.78, 5) is 14.1. The summed E-state index contributed by atoms with van der Waals surface area (Å²) < 4.78 is 7.97. The Bertz CT molecular complexity index is 1330. The van der Waals surface area contributed by atoms with E-state index < -0.39 is 5.54 Å². The van der Waals surface area contributed by atoms with Crippen LogP contribution < -0.4 is 15.5 Å². The van der Waals surface area contributed by atoms with Crippen LogP contribution in [0, 0.1) is 0 Å². The Kier molecular flexibility index (Phi) is 4.65. The van der Waals surface area contributed by atoms with Gasteiger partial charge in [0, 0.05) is 39.8 Å². The standard InChI is InChI=1S/C25H32N6O2/c1-13(2)31-20(9-10-26-31)25(7)22-16-12-19(32-8)17(21-14(3)33-30-24(21,5)6)11-18(16)28-23(22)27-15(4)29-25/h9-13,28,30H,1-8H3,(H,27,29). The molecule has 0 amide bonds. The maximum absolute atomic E-state index is 5.90. The fraction of sp³-hybridized carbons (Fsp3) is 0.440. The Balaban J connectivity index is 1.79. The van der Waals surface area contributed by atoms with Crippen LogP contribution in [0.25, 0.3) is 16.5 Å². The second-order valence-electron chi connectivity index (χ2n) is 9.91. The van der Waals surface area contributed by atoms with Gasteiger partial charge >= 0.3 is 0 Å². The van der Waals surface area contributed by atoms with Crippen molar-refractivity contribution in [3.05, 3.63) is 47.0 Å². The lowest BCUT2D eigenvalue weighted by Crippen LogP contribution is -2.47. The van der Waals surface area contributed by atoms with Crippen LogP contribution in [-0.2, 0) is 10.4 Å². The Morgan fingerprint density at radius 3 is 2.55 bits per heavy atom. The number of amidine groups is 1. The maximum atomic E-state index is 5.90. The highest BCUT2D eigenvalue weighted by atomic mass is 16.7. The van der Waals surface area contributed by atoms with Crippen LogP contribution in [0.15, 0.2) is 35.1 Å². The van der Waals surface area contributed by atoms with Gasteiger partial charge in [0.05, 0.1) is 18.3 Å². The van der Waals surface area contributed by atoms with Crippen molar-refractivity contribution in [2.45, 2.75) is 65.6 Å². The number of hydroxylamine groups is 1. The van der Waals surface area contributed by atoms with Gasteiger partial charge in [-0.2, -0.15) is 5.10 Å². The summed E-state index contributed by atoms with van der Waals surface area (Å²) in [6.45, 7) is 14.6. The van der Waals surface area contributed by atoms with Gasteiger partial charge in [0.25, 0.3) is 0 Å². The van der Waals surface area contributed by atoms with Crippen LogP contribution >= 0.6 is 0 Å². The summed E-state index contributed by atoms with van der Waals surface area (Å²) in [5.74, 6) is 3.35. The largest absolute Gasteiger partial charge is 0.496 e. The van der Waals surface area contributed by atoms with Crippen LogP contribution in [-0.4, -0.2) is 33.2 Å². The molecule has 0 bridgehead atoms. The summed E-state index contributed by atoms with van der Waals surface area (Å²) in [7, 11) is 1.71. The number of aromatic amines is 1. The van der Waals surface area contributed by atoms with E-state index in [-0.39, 0.29) is 11.6 Å². The lowest BCUT2D eigenvalue weighted by molar-refractivity contribution is 0.0930. The number of fused-ring (bicyclic) bond motifs is 3. The molecule has 2 aliphatic heterocycles. The van der Waals surface area contributed by atoms with Crippen LogP contribution in [0.2, 0.25) is 0 Å². The van der Waals surface area contributed by atoms with E-state index in [0.717, 1.165) is 56.5 Å². The monoisotopic (exact) mass is 448 g/mol. The first kappa shape index (κ1) is 21.6. The van der Waals surface area contributed by atoms with Gasteiger partial charge in [-0.1, -0.05) is 0 Å². The minimum Gasteiger partial charge on any atom is -0.496 e. The van der Waals surface area contributed by atoms with Crippen molar-refractivity contribution in [2.24, 2.45) is 4.99 Å². The SMILES string of the molecule is COc1cc2c3c([nH]c2cc1C1=C(C)ONC1(C)C)N=C(C)NC3(C)c1ccnn1C(C)C. The molecule has 33 heavy (non-hydrogen) atoms. The second-order valence-corrected chi connectivity index (χ2v) is 9.91. The molecule has 1 unspecified atom stereocenters. The molecule has 8 heteroatoms. The topological polar surface area (TPSA) is 88.5 Å². The molecule has 0 aliphatic carbocycles. The minimum absolute atomic E-state index is 0.231. The molecule has 1 atom stereocenters. The molecular weight excluding hydrogens is 416 g/mol. The van der Waals surface area contributed by atoms with E-state index in [9.17, 15) is 0 Å². The maximum Gasteiger partial charge on any atom is 0.139 e. The Labute approximate surface area is 194 Å². The van der Waals surface area contributed by atoms with E-state index in [1.165, 1.54) is 0 Å². The van der Waals surface area contributed by atoms with Gasteiger partial charge in [0.1, 0.15) is 28.7 Å². The highest BCUT2D eigenvalue weighted by Crippen LogP contribution is 2.47. The molecule has 3 aromatic rings. The number of nitrogens with zero attached hydrogens (tertiary/aromatic N) is 3. The fourth-order valence-electron chi connectivity index (χ4n) is 5.37. The number of benzene rings is 1. The molecule has 174 valence electrons. The molecule has 1 aromatic carbocycles. The predicted molar refractivity (Wildman–Crippen MR) is 131 cm³/mol. The van der Waals surface area contributed by atoms with E-state index >= 15 is 0 Å². The summed E-state index contributed by atoms with van der Waals surface area (Å²) in [6.07, 6.45) is 1.86. The average Bonchev–Trinajstić information content (AvgIpc) is 3.42. The van der Waals surface area contributed by atoms with E-state index in [1.807, 2.05) is 20.0 Å².